The van der Waals surface area contributed by atoms with E-state index in [1.807, 2.05) is 40.0 Å². The molecule has 2 unspecified atom stereocenters. The van der Waals surface area contributed by atoms with Crippen molar-refractivity contribution >= 4 is 23.2 Å². The van der Waals surface area contributed by atoms with Gasteiger partial charge in [-0.2, -0.15) is 0 Å². The van der Waals surface area contributed by atoms with Crippen LogP contribution >= 0.6 is 11.8 Å². The van der Waals surface area contributed by atoms with Gasteiger partial charge in [0.2, 0.25) is 0 Å². The van der Waals surface area contributed by atoms with Gasteiger partial charge in [-0.25, -0.2) is 4.98 Å². The van der Waals surface area contributed by atoms with Gasteiger partial charge in [-0.15, -0.1) is 0 Å². The van der Waals surface area contributed by atoms with Gasteiger partial charge in [0.25, 0.3) is 5.91 Å². The highest BCUT2D eigenvalue weighted by atomic mass is 32.2. The van der Waals surface area contributed by atoms with Crippen molar-refractivity contribution in [2.24, 2.45) is 5.92 Å². The quantitative estimate of drug-likeness (QED) is 0.851. The highest BCUT2D eigenvalue weighted by Crippen LogP contribution is 2.40. The topological polar surface area (TPSA) is 57.8 Å². The maximum atomic E-state index is 13.1. The maximum Gasteiger partial charge on any atom is 0.274 e. The molecule has 1 amide bonds. The van der Waals surface area contributed by atoms with Crippen molar-refractivity contribution in [1.29, 1.82) is 0 Å². The van der Waals surface area contributed by atoms with Crippen LogP contribution in [0.4, 0.5) is 0 Å². The molecule has 0 radical (unpaired) electrons. The lowest BCUT2D eigenvalue weighted by Gasteiger charge is -2.47. The first-order valence-corrected chi connectivity index (χ1v) is 9.87. The second-order valence-corrected chi connectivity index (χ2v) is 7.72. The number of carbonyl (C=O) groups excluding carboxylic acids is 1. The Labute approximate surface area is 146 Å². The SMILES string of the molecule is CSc1nc(C(=O)N2CCC3(O)CCCCC3C2)c2ccccn12. The first kappa shape index (κ1) is 16.0. The van der Waals surface area contributed by atoms with Crippen molar-refractivity contribution in [2.75, 3.05) is 19.3 Å². The van der Waals surface area contributed by atoms with E-state index in [-0.39, 0.29) is 11.8 Å². The number of hydrogen-bond donors (Lipinski definition) is 1. The van der Waals surface area contributed by atoms with E-state index in [9.17, 15) is 9.90 Å². The number of fused-ring (bicyclic) bond motifs is 2. The molecular formula is C18H23N3O2S. The van der Waals surface area contributed by atoms with E-state index in [0.717, 1.165) is 36.4 Å². The van der Waals surface area contributed by atoms with E-state index in [0.29, 0.717) is 25.2 Å². The molecule has 1 N–H and O–H groups in total. The van der Waals surface area contributed by atoms with E-state index in [1.54, 1.807) is 11.8 Å². The number of carbonyl (C=O) groups is 1. The van der Waals surface area contributed by atoms with Gasteiger partial charge in [0.15, 0.2) is 10.9 Å². The van der Waals surface area contributed by atoms with Crippen LogP contribution in [0.2, 0.25) is 0 Å². The smallest absolute Gasteiger partial charge is 0.274 e. The molecule has 128 valence electrons. The Kier molecular flexibility index (Phi) is 4.04. The zero-order chi connectivity index (χ0) is 16.7. The molecule has 2 aromatic heterocycles. The Hall–Kier alpha value is -1.53. The summed E-state index contributed by atoms with van der Waals surface area (Å²) in [5, 5.41) is 11.6. The zero-order valence-electron chi connectivity index (χ0n) is 13.9. The fraction of sp³-hybridized carbons (Fsp3) is 0.556. The molecule has 3 heterocycles. The van der Waals surface area contributed by atoms with Crippen molar-refractivity contribution in [3.05, 3.63) is 30.1 Å². The third-order valence-electron chi connectivity index (χ3n) is 5.62. The zero-order valence-corrected chi connectivity index (χ0v) is 14.8. The summed E-state index contributed by atoms with van der Waals surface area (Å²) in [6.45, 7) is 1.27. The summed E-state index contributed by atoms with van der Waals surface area (Å²) in [6, 6.07) is 5.83. The van der Waals surface area contributed by atoms with Crippen molar-refractivity contribution in [3.8, 4) is 0 Å². The van der Waals surface area contributed by atoms with Crippen molar-refractivity contribution in [2.45, 2.75) is 42.9 Å². The molecule has 1 saturated carbocycles. The van der Waals surface area contributed by atoms with E-state index < -0.39 is 5.60 Å². The monoisotopic (exact) mass is 345 g/mol. The summed E-state index contributed by atoms with van der Waals surface area (Å²) in [4.78, 5) is 19.6. The number of amides is 1. The largest absolute Gasteiger partial charge is 0.389 e. The van der Waals surface area contributed by atoms with Gasteiger partial charge in [0.05, 0.1) is 11.1 Å². The summed E-state index contributed by atoms with van der Waals surface area (Å²) in [6.07, 6.45) is 8.75. The summed E-state index contributed by atoms with van der Waals surface area (Å²) < 4.78 is 1.97. The van der Waals surface area contributed by atoms with Gasteiger partial charge in [0.1, 0.15) is 0 Å². The van der Waals surface area contributed by atoms with Gasteiger partial charge < -0.3 is 10.0 Å². The van der Waals surface area contributed by atoms with Gasteiger partial charge >= 0.3 is 0 Å². The Bertz CT molecular complexity index is 775. The summed E-state index contributed by atoms with van der Waals surface area (Å²) in [5.74, 6) is 0.199. The molecule has 24 heavy (non-hydrogen) atoms. The Morgan fingerprint density at radius 2 is 2.25 bits per heavy atom. The molecule has 6 heteroatoms. The van der Waals surface area contributed by atoms with Gasteiger partial charge in [-0.1, -0.05) is 30.7 Å². The number of pyridine rings is 1. The van der Waals surface area contributed by atoms with E-state index in [1.165, 1.54) is 0 Å². The molecule has 2 fully saturated rings. The number of thioether (sulfide) groups is 1. The molecule has 2 atom stereocenters. The lowest BCUT2D eigenvalue weighted by atomic mass is 9.71. The molecule has 2 aliphatic rings. The van der Waals surface area contributed by atoms with Gasteiger partial charge in [-0.05, 0) is 37.7 Å². The van der Waals surface area contributed by atoms with Crippen molar-refractivity contribution in [3.63, 3.8) is 0 Å². The van der Waals surface area contributed by atoms with Crippen LogP contribution in [0.25, 0.3) is 5.52 Å². The van der Waals surface area contributed by atoms with Crippen LogP contribution < -0.4 is 0 Å². The van der Waals surface area contributed by atoms with Crippen LogP contribution in [-0.2, 0) is 0 Å². The Balaban J connectivity index is 1.63. The molecule has 1 aliphatic heterocycles. The Morgan fingerprint density at radius 3 is 3.08 bits per heavy atom. The number of rotatable bonds is 2. The third-order valence-corrected chi connectivity index (χ3v) is 6.27. The number of hydrogen-bond acceptors (Lipinski definition) is 4. The predicted molar refractivity (Wildman–Crippen MR) is 94.4 cm³/mol. The van der Waals surface area contributed by atoms with Crippen LogP contribution in [0, 0.1) is 5.92 Å². The molecule has 2 aromatic rings. The highest BCUT2D eigenvalue weighted by Gasteiger charge is 2.44. The fourth-order valence-corrected chi connectivity index (χ4v) is 4.75. The number of nitrogens with zero attached hydrogens (tertiary/aromatic N) is 3. The van der Waals surface area contributed by atoms with Crippen LogP contribution in [0.15, 0.2) is 29.6 Å². The molecule has 1 saturated heterocycles. The molecule has 5 nitrogen and oxygen atoms in total. The van der Waals surface area contributed by atoms with Gasteiger partial charge in [-0.3, -0.25) is 9.20 Å². The maximum absolute atomic E-state index is 13.1. The van der Waals surface area contributed by atoms with Crippen molar-refractivity contribution < 1.29 is 9.90 Å². The van der Waals surface area contributed by atoms with Crippen LogP contribution in [0.5, 0.6) is 0 Å². The minimum Gasteiger partial charge on any atom is -0.389 e. The number of piperidine rings is 1. The first-order chi connectivity index (χ1) is 11.6. The molecule has 4 rings (SSSR count). The highest BCUT2D eigenvalue weighted by molar-refractivity contribution is 7.98. The number of imidazole rings is 1. The molecule has 0 aromatic carbocycles. The van der Waals surface area contributed by atoms with E-state index >= 15 is 0 Å². The molecule has 1 aliphatic carbocycles. The number of aromatic nitrogens is 2. The summed E-state index contributed by atoms with van der Waals surface area (Å²) in [5.41, 5.74) is 0.827. The van der Waals surface area contributed by atoms with Crippen molar-refractivity contribution in [1.82, 2.24) is 14.3 Å². The predicted octanol–water partition coefficient (Wildman–Crippen LogP) is 2.82. The van der Waals surface area contributed by atoms with Crippen LogP contribution in [0.3, 0.4) is 0 Å². The summed E-state index contributed by atoms with van der Waals surface area (Å²) >= 11 is 1.54. The normalized spacial score (nSPS) is 27.2. The van der Waals surface area contributed by atoms with Crippen LogP contribution in [-0.4, -0.2) is 50.2 Å². The van der Waals surface area contributed by atoms with E-state index in [2.05, 4.69) is 4.98 Å². The minimum absolute atomic E-state index is 0.00776. The van der Waals surface area contributed by atoms with E-state index in [4.69, 9.17) is 0 Å². The third kappa shape index (κ3) is 2.52. The van der Waals surface area contributed by atoms with Gasteiger partial charge in [0, 0.05) is 25.2 Å². The summed E-state index contributed by atoms with van der Waals surface area (Å²) in [7, 11) is 0. The minimum atomic E-state index is -0.560. The first-order valence-electron chi connectivity index (χ1n) is 8.65. The number of likely N-dealkylation sites (tertiary alicyclic amines) is 1. The Morgan fingerprint density at radius 1 is 1.38 bits per heavy atom. The molecular weight excluding hydrogens is 322 g/mol. The standard InChI is InChI=1S/C18H23N3O2S/c1-24-17-19-15(14-7-3-5-10-21(14)17)16(22)20-11-9-18(23)8-4-2-6-13(18)12-20/h3,5,7,10,13,23H,2,4,6,8-9,11-12H2,1H3. The lowest BCUT2D eigenvalue weighted by Crippen LogP contribution is -2.54. The second kappa shape index (κ2) is 6.08. The second-order valence-electron chi connectivity index (χ2n) is 6.95. The average Bonchev–Trinajstić information content (AvgIpc) is 2.99. The number of aliphatic hydroxyl groups is 1. The lowest BCUT2D eigenvalue weighted by molar-refractivity contribution is -0.0886. The van der Waals surface area contributed by atoms with Crippen LogP contribution in [0.1, 0.15) is 42.6 Å². The molecule has 0 spiro atoms. The fourth-order valence-electron chi connectivity index (χ4n) is 4.22. The molecule has 0 bridgehead atoms. The average molecular weight is 345 g/mol.